The summed E-state index contributed by atoms with van der Waals surface area (Å²) in [5, 5.41) is 6.14. The van der Waals surface area contributed by atoms with Gasteiger partial charge in [-0.15, -0.1) is 0 Å². The summed E-state index contributed by atoms with van der Waals surface area (Å²) < 4.78 is 0. The van der Waals surface area contributed by atoms with Gasteiger partial charge in [0.2, 0.25) is 5.91 Å². The normalized spacial score (nSPS) is 20.6. The van der Waals surface area contributed by atoms with Gasteiger partial charge in [0.05, 0.1) is 6.04 Å². The molecule has 2 rings (SSSR count). The van der Waals surface area contributed by atoms with Crippen LogP contribution in [0.5, 0.6) is 0 Å². The van der Waals surface area contributed by atoms with E-state index in [2.05, 4.69) is 55.7 Å². The van der Waals surface area contributed by atoms with E-state index in [-0.39, 0.29) is 17.4 Å². The fourth-order valence-corrected chi connectivity index (χ4v) is 2.19. The maximum atomic E-state index is 11.7. The van der Waals surface area contributed by atoms with Crippen molar-refractivity contribution in [2.24, 2.45) is 0 Å². The van der Waals surface area contributed by atoms with E-state index >= 15 is 0 Å². The molecule has 0 aromatic heterocycles. The smallest absolute Gasteiger partial charge is 0.237 e. The van der Waals surface area contributed by atoms with E-state index in [0.717, 1.165) is 19.5 Å². The minimum atomic E-state index is -0.0840. The number of nitrogens with one attached hydrogen (secondary N) is 2. The molecule has 0 bridgehead atoms. The molecule has 0 radical (unpaired) electrons. The summed E-state index contributed by atoms with van der Waals surface area (Å²) in [6, 6.07) is 8.50. The second-order valence-electron chi connectivity index (χ2n) is 5.95. The minimum Gasteiger partial charge on any atom is -0.353 e. The summed E-state index contributed by atoms with van der Waals surface area (Å²) in [7, 11) is 0. The van der Waals surface area contributed by atoms with E-state index in [1.54, 1.807) is 0 Å². The standard InChI is InChI=1S/C15H22N2O/c1-15(2,3)12-6-4-11(5-7-12)10-13-14(18)17-9-8-16-13/h4-7,13,16H,8-10H2,1-3H3,(H,17,18)/t13-/m0/s1. The molecule has 0 spiro atoms. The lowest BCUT2D eigenvalue weighted by Crippen LogP contribution is -2.53. The maximum absolute atomic E-state index is 11.7. The zero-order valence-corrected chi connectivity index (χ0v) is 11.4. The summed E-state index contributed by atoms with van der Waals surface area (Å²) in [5.74, 6) is 0.112. The lowest BCUT2D eigenvalue weighted by molar-refractivity contribution is -0.124. The average molecular weight is 246 g/mol. The van der Waals surface area contributed by atoms with Crippen LogP contribution in [0.15, 0.2) is 24.3 Å². The summed E-state index contributed by atoms with van der Waals surface area (Å²) >= 11 is 0. The van der Waals surface area contributed by atoms with Crippen molar-refractivity contribution in [1.82, 2.24) is 10.6 Å². The number of hydrogen-bond acceptors (Lipinski definition) is 2. The van der Waals surface area contributed by atoms with E-state index in [9.17, 15) is 4.79 Å². The van der Waals surface area contributed by atoms with Crippen LogP contribution in [0.1, 0.15) is 31.9 Å². The van der Waals surface area contributed by atoms with Crippen LogP contribution < -0.4 is 10.6 Å². The molecule has 3 nitrogen and oxygen atoms in total. The Morgan fingerprint density at radius 1 is 1.17 bits per heavy atom. The molecular weight excluding hydrogens is 224 g/mol. The quantitative estimate of drug-likeness (QED) is 0.832. The van der Waals surface area contributed by atoms with Crippen molar-refractivity contribution in [1.29, 1.82) is 0 Å². The zero-order valence-electron chi connectivity index (χ0n) is 11.4. The van der Waals surface area contributed by atoms with Crippen LogP contribution in [0.2, 0.25) is 0 Å². The van der Waals surface area contributed by atoms with E-state index in [1.807, 2.05) is 0 Å². The van der Waals surface area contributed by atoms with Gasteiger partial charge in [-0.2, -0.15) is 0 Å². The van der Waals surface area contributed by atoms with Crippen molar-refractivity contribution in [3.05, 3.63) is 35.4 Å². The topological polar surface area (TPSA) is 41.1 Å². The van der Waals surface area contributed by atoms with Gasteiger partial charge in [-0.3, -0.25) is 4.79 Å². The first-order chi connectivity index (χ1) is 8.47. The predicted molar refractivity (Wildman–Crippen MR) is 73.6 cm³/mol. The highest BCUT2D eigenvalue weighted by molar-refractivity contribution is 5.82. The molecule has 1 heterocycles. The van der Waals surface area contributed by atoms with E-state index in [1.165, 1.54) is 11.1 Å². The molecule has 1 aromatic carbocycles. The Bertz CT molecular complexity index is 417. The van der Waals surface area contributed by atoms with Crippen LogP contribution in [0.3, 0.4) is 0 Å². The van der Waals surface area contributed by atoms with Crippen LogP contribution in [-0.4, -0.2) is 25.0 Å². The highest BCUT2D eigenvalue weighted by atomic mass is 16.2. The average Bonchev–Trinajstić information content (AvgIpc) is 2.32. The van der Waals surface area contributed by atoms with E-state index < -0.39 is 0 Å². The summed E-state index contributed by atoms with van der Waals surface area (Å²) in [4.78, 5) is 11.7. The van der Waals surface area contributed by atoms with Crippen LogP contribution >= 0.6 is 0 Å². The van der Waals surface area contributed by atoms with Crippen molar-refractivity contribution in [3.8, 4) is 0 Å². The molecule has 1 fully saturated rings. The largest absolute Gasteiger partial charge is 0.353 e. The first kappa shape index (κ1) is 13.1. The fraction of sp³-hybridized carbons (Fsp3) is 0.533. The van der Waals surface area contributed by atoms with Crippen LogP contribution in [-0.2, 0) is 16.6 Å². The molecule has 1 aliphatic heterocycles. The Morgan fingerprint density at radius 2 is 1.83 bits per heavy atom. The van der Waals surface area contributed by atoms with Gasteiger partial charge in [0.15, 0.2) is 0 Å². The van der Waals surface area contributed by atoms with Crippen LogP contribution in [0.25, 0.3) is 0 Å². The number of piperazine rings is 1. The molecule has 1 atom stereocenters. The Hall–Kier alpha value is -1.35. The zero-order chi connectivity index (χ0) is 13.2. The SMILES string of the molecule is CC(C)(C)c1ccc(C[C@@H]2NCCNC2=O)cc1. The van der Waals surface area contributed by atoms with Gasteiger partial charge in [0.25, 0.3) is 0 Å². The van der Waals surface area contributed by atoms with Crippen LogP contribution in [0, 0.1) is 0 Å². The Morgan fingerprint density at radius 3 is 2.39 bits per heavy atom. The highest BCUT2D eigenvalue weighted by Gasteiger charge is 2.21. The molecule has 1 saturated heterocycles. The summed E-state index contributed by atoms with van der Waals surface area (Å²) in [5.41, 5.74) is 2.71. The summed E-state index contributed by atoms with van der Waals surface area (Å²) in [6.45, 7) is 8.21. The van der Waals surface area contributed by atoms with Crippen molar-refractivity contribution in [2.45, 2.75) is 38.6 Å². The summed E-state index contributed by atoms with van der Waals surface area (Å²) in [6.07, 6.45) is 0.760. The third kappa shape index (κ3) is 3.10. The third-order valence-electron chi connectivity index (χ3n) is 3.39. The van der Waals surface area contributed by atoms with Gasteiger partial charge >= 0.3 is 0 Å². The second-order valence-corrected chi connectivity index (χ2v) is 5.95. The molecule has 3 heteroatoms. The second kappa shape index (κ2) is 5.11. The van der Waals surface area contributed by atoms with Gasteiger partial charge in [0.1, 0.15) is 0 Å². The molecule has 1 amide bonds. The van der Waals surface area contributed by atoms with Crippen molar-refractivity contribution in [3.63, 3.8) is 0 Å². The number of amides is 1. The lowest BCUT2D eigenvalue weighted by Gasteiger charge is -2.24. The van der Waals surface area contributed by atoms with Gasteiger partial charge < -0.3 is 10.6 Å². The number of hydrogen-bond donors (Lipinski definition) is 2. The van der Waals surface area contributed by atoms with Gasteiger partial charge in [-0.1, -0.05) is 45.0 Å². The van der Waals surface area contributed by atoms with E-state index in [4.69, 9.17) is 0 Å². The predicted octanol–water partition coefficient (Wildman–Crippen LogP) is 1.61. The molecule has 0 saturated carbocycles. The van der Waals surface area contributed by atoms with Gasteiger partial charge in [-0.25, -0.2) is 0 Å². The molecule has 18 heavy (non-hydrogen) atoms. The van der Waals surface area contributed by atoms with Crippen molar-refractivity contribution < 1.29 is 4.79 Å². The first-order valence-corrected chi connectivity index (χ1v) is 6.57. The molecule has 1 aromatic rings. The number of carbonyl (C=O) groups is 1. The van der Waals surface area contributed by atoms with Gasteiger partial charge in [0, 0.05) is 13.1 Å². The molecular formula is C15H22N2O. The first-order valence-electron chi connectivity index (χ1n) is 6.57. The Balaban J connectivity index is 2.04. The van der Waals surface area contributed by atoms with Crippen molar-refractivity contribution >= 4 is 5.91 Å². The van der Waals surface area contributed by atoms with Crippen molar-refractivity contribution in [2.75, 3.05) is 13.1 Å². The fourth-order valence-electron chi connectivity index (χ4n) is 2.19. The molecule has 1 aliphatic rings. The van der Waals surface area contributed by atoms with Crippen LogP contribution in [0.4, 0.5) is 0 Å². The highest BCUT2D eigenvalue weighted by Crippen LogP contribution is 2.22. The Labute approximate surface area is 109 Å². The number of benzene rings is 1. The lowest BCUT2D eigenvalue weighted by atomic mass is 9.86. The van der Waals surface area contributed by atoms with Gasteiger partial charge in [-0.05, 0) is 23.0 Å². The molecule has 98 valence electrons. The van der Waals surface area contributed by atoms with E-state index in [0.29, 0.717) is 0 Å². The number of rotatable bonds is 2. The molecule has 0 unspecified atom stereocenters. The maximum Gasteiger partial charge on any atom is 0.237 e. The molecule has 2 N–H and O–H groups in total. The third-order valence-corrected chi connectivity index (χ3v) is 3.39. The molecule has 0 aliphatic carbocycles. The minimum absolute atomic E-state index is 0.0840. The number of carbonyl (C=O) groups excluding carboxylic acids is 1. The monoisotopic (exact) mass is 246 g/mol. The Kier molecular flexibility index (Phi) is 3.71.